The molecule has 0 aliphatic heterocycles. The van der Waals surface area contributed by atoms with Crippen LogP contribution < -0.4 is 9.62 Å². The third-order valence-corrected chi connectivity index (χ3v) is 5.51. The Labute approximate surface area is 161 Å². The van der Waals surface area contributed by atoms with Gasteiger partial charge >= 0.3 is 0 Å². The molecule has 2 aromatic rings. The van der Waals surface area contributed by atoms with Gasteiger partial charge in [0.15, 0.2) is 0 Å². The molecular weight excluding hydrogens is 402 g/mol. The molecule has 0 bridgehead atoms. The number of carbonyl (C=O) groups is 1. The Morgan fingerprint density at radius 2 is 1.85 bits per heavy atom. The lowest BCUT2D eigenvalue weighted by molar-refractivity contribution is -0.117. The first-order chi connectivity index (χ1) is 12.1. The Bertz CT molecular complexity index is 922. The minimum atomic E-state index is -3.92. The molecule has 2 aromatic carbocycles. The SMILES string of the molecule is CC[C@H](C(=O)Nc1ccc(Cl)c(Cl)c1)N(c1ccccc1F)S(C)(=O)=O. The van der Waals surface area contributed by atoms with Crippen LogP contribution in [-0.2, 0) is 14.8 Å². The molecule has 0 heterocycles. The third-order valence-electron chi connectivity index (χ3n) is 3.61. The van der Waals surface area contributed by atoms with Gasteiger partial charge in [-0.05, 0) is 36.8 Å². The summed E-state index contributed by atoms with van der Waals surface area (Å²) in [5.74, 6) is -1.35. The average molecular weight is 419 g/mol. The topological polar surface area (TPSA) is 66.5 Å². The van der Waals surface area contributed by atoms with Crippen LogP contribution in [0.5, 0.6) is 0 Å². The van der Waals surface area contributed by atoms with E-state index in [2.05, 4.69) is 5.32 Å². The molecule has 0 aliphatic carbocycles. The van der Waals surface area contributed by atoms with Gasteiger partial charge in [-0.15, -0.1) is 0 Å². The van der Waals surface area contributed by atoms with Crippen LogP contribution in [0.3, 0.4) is 0 Å². The van der Waals surface area contributed by atoms with Crippen molar-refractivity contribution >= 4 is 50.5 Å². The van der Waals surface area contributed by atoms with Crippen LogP contribution in [0.2, 0.25) is 10.0 Å². The van der Waals surface area contributed by atoms with Gasteiger partial charge in [0.2, 0.25) is 15.9 Å². The molecule has 0 saturated heterocycles. The first kappa shape index (κ1) is 20.5. The summed E-state index contributed by atoms with van der Waals surface area (Å²) in [6.45, 7) is 1.64. The smallest absolute Gasteiger partial charge is 0.248 e. The Morgan fingerprint density at radius 1 is 1.19 bits per heavy atom. The second kappa shape index (κ2) is 8.24. The van der Waals surface area contributed by atoms with Gasteiger partial charge in [0.1, 0.15) is 11.9 Å². The van der Waals surface area contributed by atoms with Crippen LogP contribution in [-0.4, -0.2) is 26.6 Å². The molecule has 0 radical (unpaired) electrons. The zero-order valence-corrected chi connectivity index (χ0v) is 16.4. The molecule has 0 spiro atoms. The summed E-state index contributed by atoms with van der Waals surface area (Å²) < 4.78 is 39.5. The number of carbonyl (C=O) groups excluding carboxylic acids is 1. The van der Waals surface area contributed by atoms with Crippen molar-refractivity contribution in [1.82, 2.24) is 0 Å². The molecule has 1 atom stereocenters. The van der Waals surface area contributed by atoms with Crippen molar-refractivity contribution < 1.29 is 17.6 Å². The molecule has 26 heavy (non-hydrogen) atoms. The predicted molar refractivity (Wildman–Crippen MR) is 103 cm³/mol. The maximum Gasteiger partial charge on any atom is 0.248 e. The van der Waals surface area contributed by atoms with E-state index < -0.39 is 27.8 Å². The molecule has 0 saturated carbocycles. The van der Waals surface area contributed by atoms with E-state index in [9.17, 15) is 17.6 Å². The molecular formula is C17H17Cl2FN2O3S. The Kier molecular flexibility index (Phi) is 6.49. The summed E-state index contributed by atoms with van der Waals surface area (Å²) in [4.78, 5) is 12.7. The first-order valence-electron chi connectivity index (χ1n) is 7.65. The number of amides is 1. The van der Waals surface area contributed by atoms with Gasteiger partial charge in [0, 0.05) is 5.69 Å². The largest absolute Gasteiger partial charge is 0.324 e. The monoisotopic (exact) mass is 418 g/mol. The van der Waals surface area contributed by atoms with Gasteiger partial charge in [-0.2, -0.15) is 0 Å². The third kappa shape index (κ3) is 4.66. The molecule has 9 heteroatoms. The standard InChI is InChI=1S/C17H17Cl2FN2O3S/c1-3-15(17(23)21-11-8-9-12(18)13(19)10-11)22(26(2,24)25)16-7-5-4-6-14(16)20/h4-10,15H,3H2,1-2H3,(H,21,23)/t15-/m1/s1. The fraction of sp³-hybridized carbons (Fsp3) is 0.235. The number of benzene rings is 2. The average Bonchev–Trinajstić information content (AvgIpc) is 2.55. The van der Waals surface area contributed by atoms with Crippen molar-refractivity contribution in [3.8, 4) is 0 Å². The number of hydrogen-bond donors (Lipinski definition) is 1. The first-order valence-corrected chi connectivity index (χ1v) is 10.3. The van der Waals surface area contributed by atoms with E-state index in [0.717, 1.165) is 16.6 Å². The number of anilines is 2. The highest BCUT2D eigenvalue weighted by molar-refractivity contribution is 7.92. The highest BCUT2D eigenvalue weighted by atomic mass is 35.5. The van der Waals surface area contributed by atoms with Crippen LogP contribution >= 0.6 is 23.2 Å². The second-order valence-electron chi connectivity index (χ2n) is 5.55. The molecule has 1 amide bonds. The lowest BCUT2D eigenvalue weighted by atomic mass is 10.1. The lowest BCUT2D eigenvalue weighted by Crippen LogP contribution is -2.47. The number of hydrogen-bond acceptors (Lipinski definition) is 3. The van der Waals surface area contributed by atoms with E-state index in [0.29, 0.717) is 10.7 Å². The van der Waals surface area contributed by atoms with Crippen molar-refractivity contribution in [2.24, 2.45) is 0 Å². The molecule has 5 nitrogen and oxygen atoms in total. The molecule has 0 unspecified atom stereocenters. The van der Waals surface area contributed by atoms with Gasteiger partial charge in [-0.3, -0.25) is 9.10 Å². The predicted octanol–water partition coefficient (Wildman–Crippen LogP) is 4.32. The number of halogens is 3. The summed E-state index contributed by atoms with van der Waals surface area (Å²) >= 11 is 11.8. The van der Waals surface area contributed by atoms with Crippen molar-refractivity contribution in [2.75, 3.05) is 15.9 Å². The summed E-state index contributed by atoms with van der Waals surface area (Å²) in [7, 11) is -3.92. The fourth-order valence-electron chi connectivity index (χ4n) is 2.47. The van der Waals surface area contributed by atoms with Gasteiger partial charge in [-0.1, -0.05) is 42.3 Å². The minimum Gasteiger partial charge on any atom is -0.324 e. The van der Waals surface area contributed by atoms with E-state index in [1.807, 2.05) is 0 Å². The number of nitrogens with zero attached hydrogens (tertiary/aromatic N) is 1. The highest BCUT2D eigenvalue weighted by Crippen LogP contribution is 2.28. The van der Waals surface area contributed by atoms with Crippen LogP contribution in [0.1, 0.15) is 13.3 Å². The summed E-state index contributed by atoms with van der Waals surface area (Å²) in [5, 5.41) is 3.15. The number of para-hydroxylation sites is 1. The van der Waals surface area contributed by atoms with Crippen molar-refractivity contribution in [1.29, 1.82) is 0 Å². The zero-order valence-electron chi connectivity index (χ0n) is 14.0. The van der Waals surface area contributed by atoms with Crippen LogP contribution in [0.25, 0.3) is 0 Å². The molecule has 2 rings (SSSR count). The number of nitrogens with one attached hydrogen (secondary N) is 1. The van der Waals surface area contributed by atoms with E-state index in [-0.39, 0.29) is 17.1 Å². The fourth-order valence-corrected chi connectivity index (χ4v) is 3.98. The van der Waals surface area contributed by atoms with E-state index in [4.69, 9.17) is 23.2 Å². The van der Waals surface area contributed by atoms with Gasteiger partial charge in [0.25, 0.3) is 0 Å². The molecule has 140 valence electrons. The van der Waals surface area contributed by atoms with E-state index in [1.165, 1.54) is 36.4 Å². The Hall–Kier alpha value is -1.83. The lowest BCUT2D eigenvalue weighted by Gasteiger charge is -2.30. The minimum absolute atomic E-state index is 0.133. The van der Waals surface area contributed by atoms with E-state index >= 15 is 0 Å². The summed E-state index contributed by atoms with van der Waals surface area (Å²) in [6, 6.07) is 8.73. The zero-order chi connectivity index (χ0) is 19.5. The van der Waals surface area contributed by atoms with Crippen molar-refractivity contribution in [3.05, 3.63) is 58.3 Å². The van der Waals surface area contributed by atoms with Gasteiger partial charge in [0.05, 0.1) is 22.0 Å². The summed E-state index contributed by atoms with van der Waals surface area (Å²) in [6.07, 6.45) is 1.06. The summed E-state index contributed by atoms with van der Waals surface area (Å²) in [5.41, 5.74) is 0.163. The maximum absolute atomic E-state index is 14.2. The quantitative estimate of drug-likeness (QED) is 0.759. The highest BCUT2D eigenvalue weighted by Gasteiger charge is 2.33. The van der Waals surface area contributed by atoms with Crippen molar-refractivity contribution in [3.63, 3.8) is 0 Å². The van der Waals surface area contributed by atoms with E-state index in [1.54, 1.807) is 6.92 Å². The molecule has 0 aliphatic rings. The van der Waals surface area contributed by atoms with Gasteiger partial charge in [-0.25, -0.2) is 12.8 Å². The van der Waals surface area contributed by atoms with Crippen LogP contribution in [0.15, 0.2) is 42.5 Å². The maximum atomic E-state index is 14.2. The van der Waals surface area contributed by atoms with Gasteiger partial charge < -0.3 is 5.32 Å². The molecule has 1 N–H and O–H groups in total. The number of sulfonamides is 1. The van der Waals surface area contributed by atoms with Crippen LogP contribution in [0, 0.1) is 5.82 Å². The Balaban J connectivity index is 2.40. The second-order valence-corrected chi connectivity index (χ2v) is 8.23. The normalized spacial score (nSPS) is 12.5. The molecule has 0 fully saturated rings. The van der Waals surface area contributed by atoms with Crippen LogP contribution in [0.4, 0.5) is 15.8 Å². The van der Waals surface area contributed by atoms with Crippen molar-refractivity contribution in [2.45, 2.75) is 19.4 Å². The molecule has 0 aromatic heterocycles. The number of rotatable bonds is 6. The Morgan fingerprint density at radius 3 is 2.38 bits per heavy atom.